The van der Waals surface area contributed by atoms with Crippen LogP contribution in [-0.4, -0.2) is 94.4 Å². The number of thiazole rings is 1. The number of nitrogen functional groups attached to an aromatic ring is 1. The molecule has 2 N–H and O–H groups in total. The van der Waals surface area contributed by atoms with Gasteiger partial charge < -0.3 is 20.3 Å². The van der Waals surface area contributed by atoms with Crippen LogP contribution in [0.5, 0.6) is 6.01 Å². The van der Waals surface area contributed by atoms with Gasteiger partial charge in [-0.2, -0.15) is 23.1 Å². The van der Waals surface area contributed by atoms with E-state index in [2.05, 4.69) is 14.9 Å². The Hall–Kier alpha value is -3.63. The number of carbonyl (C=O) groups excluding carboxylic acids is 1. The van der Waals surface area contributed by atoms with Gasteiger partial charge in [0.2, 0.25) is 0 Å². The summed E-state index contributed by atoms with van der Waals surface area (Å²) in [5, 5.41) is 0.373. The smallest absolute Gasteiger partial charge is 0.461 e. The number of fused-ring (bicyclic) bond motifs is 3. The summed E-state index contributed by atoms with van der Waals surface area (Å²) in [5.74, 6) is -2.89. The van der Waals surface area contributed by atoms with Crippen molar-refractivity contribution in [2.75, 3.05) is 56.5 Å². The average Bonchev–Trinajstić information content (AvgIpc) is 3.71. The summed E-state index contributed by atoms with van der Waals surface area (Å²) in [6, 6.07) is 3.98. The number of piperidine rings is 1. The first kappa shape index (κ1) is 32.6. The molecular formula is C32H30ClF6N7O2S. The quantitative estimate of drug-likeness (QED) is 0.237. The van der Waals surface area contributed by atoms with Crippen LogP contribution in [0.15, 0.2) is 18.2 Å². The Morgan fingerprint density at radius 2 is 1.84 bits per heavy atom. The average molecular weight is 726 g/mol. The highest BCUT2D eigenvalue weighted by atomic mass is 35.5. The van der Waals surface area contributed by atoms with Gasteiger partial charge in [0.15, 0.2) is 10.9 Å². The van der Waals surface area contributed by atoms with Crippen LogP contribution in [0.3, 0.4) is 0 Å². The summed E-state index contributed by atoms with van der Waals surface area (Å²) < 4.78 is 91.2. The van der Waals surface area contributed by atoms with E-state index in [1.807, 2.05) is 4.90 Å². The van der Waals surface area contributed by atoms with Crippen molar-refractivity contribution < 1.29 is 35.9 Å². The van der Waals surface area contributed by atoms with Gasteiger partial charge in [-0.15, -0.1) is 0 Å². The third-order valence-electron chi connectivity index (χ3n) is 10.6. The van der Waals surface area contributed by atoms with Gasteiger partial charge in [0, 0.05) is 61.1 Å². The maximum absolute atomic E-state index is 16.8. The lowest BCUT2D eigenvalue weighted by atomic mass is 9.72. The minimum atomic E-state index is -4.93. The third kappa shape index (κ3) is 5.41. The van der Waals surface area contributed by atoms with E-state index in [0.29, 0.717) is 44.7 Å². The Bertz CT molecular complexity index is 2000. The predicted octanol–water partition coefficient (Wildman–Crippen LogP) is 6.37. The van der Waals surface area contributed by atoms with Crippen LogP contribution in [-0.2, 0) is 4.79 Å². The SMILES string of the molecule is Nc1nc2c(-c3c(Cl)cc4c(N5CCC6(CC5)CN(C(=O)C(F)(F)F)C6)nc(OC[C@@]56CCCN5C[C@H](F)C6)nc4c3F)ccc(F)c2s1. The van der Waals surface area contributed by atoms with Crippen LogP contribution in [0.1, 0.15) is 32.1 Å². The van der Waals surface area contributed by atoms with Crippen molar-refractivity contribution >= 4 is 60.9 Å². The van der Waals surface area contributed by atoms with E-state index in [9.17, 15) is 26.7 Å². The molecule has 49 heavy (non-hydrogen) atoms. The van der Waals surface area contributed by atoms with Crippen LogP contribution in [0.25, 0.3) is 32.2 Å². The number of alkyl halides is 4. The number of benzene rings is 2. The maximum Gasteiger partial charge on any atom is 0.471 e. The van der Waals surface area contributed by atoms with Crippen LogP contribution >= 0.6 is 22.9 Å². The summed E-state index contributed by atoms with van der Waals surface area (Å²) in [4.78, 5) is 29.9. The fourth-order valence-corrected chi connectivity index (χ4v) is 9.21. The molecule has 4 aliphatic heterocycles. The second kappa shape index (κ2) is 11.5. The van der Waals surface area contributed by atoms with E-state index in [-0.39, 0.29) is 68.1 Å². The van der Waals surface area contributed by atoms with E-state index in [0.717, 1.165) is 35.6 Å². The van der Waals surface area contributed by atoms with Crippen molar-refractivity contribution in [3.63, 3.8) is 0 Å². The molecule has 260 valence electrons. The topological polar surface area (TPSA) is 101 Å². The summed E-state index contributed by atoms with van der Waals surface area (Å²) in [6.07, 6.45) is -3.03. The van der Waals surface area contributed by atoms with Crippen LogP contribution in [0, 0.1) is 17.0 Å². The molecule has 0 saturated carbocycles. The number of rotatable bonds is 5. The zero-order valence-electron chi connectivity index (χ0n) is 25.9. The fraction of sp³-hybridized carbons (Fsp3) is 0.500. The van der Waals surface area contributed by atoms with Gasteiger partial charge in [0.25, 0.3) is 0 Å². The third-order valence-corrected chi connectivity index (χ3v) is 11.8. The zero-order valence-corrected chi connectivity index (χ0v) is 27.5. The highest BCUT2D eigenvalue weighted by Crippen LogP contribution is 2.46. The number of hydrogen-bond acceptors (Lipinski definition) is 9. The van der Waals surface area contributed by atoms with E-state index >= 15 is 4.39 Å². The number of nitrogens with two attached hydrogens (primary N) is 1. The van der Waals surface area contributed by atoms with Crippen molar-refractivity contribution in [1.82, 2.24) is 24.8 Å². The fourth-order valence-electron chi connectivity index (χ4n) is 8.15. The lowest BCUT2D eigenvalue weighted by Crippen LogP contribution is -2.64. The Labute approximate surface area is 285 Å². The number of amides is 1. The Balaban J connectivity index is 1.16. The zero-order chi connectivity index (χ0) is 34.5. The molecule has 8 rings (SSSR count). The molecule has 4 aliphatic rings. The number of nitrogens with zero attached hydrogens (tertiary/aromatic N) is 6. The standard InChI is InChI=1S/C32H30ClF6N7O2S/c33-19-10-18-23(22(36)21(19)17-2-3-20(35)25-24(17)41-28(40)49-25)42-29(48-15-31-4-1-7-46(31)12-16(34)11-31)43-26(18)44-8-5-30(6-9-44)13-45(14-30)27(47)32(37,38)39/h2-3,10,16H,1,4-9,11-15H2,(H2,40,41)/t16-,31+/m1/s1. The number of aromatic nitrogens is 3. The molecule has 2 atom stereocenters. The summed E-state index contributed by atoms with van der Waals surface area (Å²) in [5.41, 5.74) is 5.10. The predicted molar refractivity (Wildman–Crippen MR) is 173 cm³/mol. The molecule has 0 aliphatic carbocycles. The monoisotopic (exact) mass is 725 g/mol. The summed E-state index contributed by atoms with van der Waals surface area (Å²) in [6.45, 7) is 1.89. The summed E-state index contributed by atoms with van der Waals surface area (Å²) in [7, 11) is 0. The van der Waals surface area contributed by atoms with Gasteiger partial charge in [-0.25, -0.2) is 18.2 Å². The molecule has 0 unspecified atom stereocenters. The Morgan fingerprint density at radius 1 is 1.08 bits per heavy atom. The largest absolute Gasteiger partial charge is 0.471 e. The molecule has 2 aromatic carbocycles. The van der Waals surface area contributed by atoms with Crippen LogP contribution in [0.4, 0.5) is 37.3 Å². The van der Waals surface area contributed by atoms with Crippen molar-refractivity contribution in [3.8, 4) is 17.1 Å². The first-order valence-corrected chi connectivity index (χ1v) is 17.1. The van der Waals surface area contributed by atoms with E-state index in [1.165, 1.54) is 18.2 Å². The molecule has 4 saturated heterocycles. The minimum absolute atomic E-state index is 0.00259. The first-order valence-electron chi connectivity index (χ1n) is 15.9. The molecule has 1 spiro atoms. The van der Waals surface area contributed by atoms with Gasteiger partial charge in [-0.3, -0.25) is 9.69 Å². The number of anilines is 2. The molecule has 4 fully saturated rings. The lowest BCUT2D eigenvalue weighted by molar-refractivity contribution is -0.197. The molecule has 4 aromatic rings. The molecule has 0 bridgehead atoms. The van der Waals surface area contributed by atoms with Crippen molar-refractivity contribution in [1.29, 1.82) is 0 Å². The number of hydrogen-bond donors (Lipinski definition) is 1. The molecule has 0 radical (unpaired) electrons. The van der Waals surface area contributed by atoms with Crippen molar-refractivity contribution in [2.24, 2.45) is 5.41 Å². The molecule has 9 nitrogen and oxygen atoms in total. The van der Waals surface area contributed by atoms with Crippen LogP contribution < -0.4 is 15.4 Å². The van der Waals surface area contributed by atoms with E-state index in [4.69, 9.17) is 27.1 Å². The first-order chi connectivity index (χ1) is 23.3. The molecular weight excluding hydrogens is 696 g/mol. The summed E-state index contributed by atoms with van der Waals surface area (Å²) >= 11 is 7.68. The second-order valence-electron chi connectivity index (χ2n) is 13.6. The Morgan fingerprint density at radius 3 is 2.57 bits per heavy atom. The number of halogens is 7. The van der Waals surface area contributed by atoms with Gasteiger partial charge in [-0.1, -0.05) is 22.9 Å². The number of ether oxygens (including phenoxy) is 1. The van der Waals surface area contributed by atoms with E-state index in [1.54, 1.807) is 0 Å². The van der Waals surface area contributed by atoms with Gasteiger partial charge in [0.1, 0.15) is 29.9 Å². The number of likely N-dealkylation sites (tertiary alicyclic amines) is 1. The highest BCUT2D eigenvalue weighted by molar-refractivity contribution is 7.22. The van der Waals surface area contributed by atoms with Crippen LogP contribution in [0.2, 0.25) is 5.02 Å². The molecule has 2 aromatic heterocycles. The Kier molecular flexibility index (Phi) is 7.61. The maximum atomic E-state index is 16.8. The van der Waals surface area contributed by atoms with Crippen molar-refractivity contribution in [3.05, 3.63) is 34.9 Å². The van der Waals surface area contributed by atoms with Gasteiger partial charge in [-0.05, 0) is 50.4 Å². The van der Waals surface area contributed by atoms with E-state index < -0.39 is 40.8 Å². The highest BCUT2D eigenvalue weighted by Gasteiger charge is 2.53. The minimum Gasteiger partial charge on any atom is -0.461 e. The second-order valence-corrected chi connectivity index (χ2v) is 15.0. The molecule has 17 heteroatoms. The molecule has 1 amide bonds. The normalized spacial score (nSPS) is 23.9. The lowest BCUT2D eigenvalue weighted by Gasteiger charge is -2.54. The van der Waals surface area contributed by atoms with Gasteiger partial charge in [0.05, 0.1) is 20.8 Å². The molecule has 6 heterocycles. The number of carbonyl (C=O) groups is 1. The van der Waals surface area contributed by atoms with Gasteiger partial charge >= 0.3 is 18.1 Å². The van der Waals surface area contributed by atoms with Crippen molar-refractivity contribution in [2.45, 2.75) is 50.0 Å².